The zero-order chi connectivity index (χ0) is 11.7. The van der Waals surface area contributed by atoms with Crippen molar-refractivity contribution in [3.63, 3.8) is 0 Å². The largest absolute Gasteiger partial charge is 0.479 e. The van der Waals surface area contributed by atoms with Gasteiger partial charge in [-0.1, -0.05) is 13.3 Å². The van der Waals surface area contributed by atoms with Crippen LogP contribution in [0, 0.1) is 0 Å². The van der Waals surface area contributed by atoms with E-state index in [1.807, 2.05) is 6.92 Å². The van der Waals surface area contributed by atoms with Crippen LogP contribution in [-0.4, -0.2) is 36.5 Å². The van der Waals surface area contributed by atoms with Gasteiger partial charge in [-0.3, -0.25) is 0 Å². The fraction of sp³-hybridized carbons (Fsp3) is 0.909. The molecule has 0 aromatic rings. The van der Waals surface area contributed by atoms with Crippen molar-refractivity contribution in [1.29, 1.82) is 0 Å². The third kappa shape index (κ3) is 7.33. The first kappa shape index (κ1) is 14.4. The number of rotatable bonds is 9. The first-order valence-electron chi connectivity index (χ1n) is 5.57. The molecule has 90 valence electrons. The summed E-state index contributed by atoms with van der Waals surface area (Å²) in [7, 11) is 0. The monoisotopic (exact) mass is 218 g/mol. The number of hydrogen-bond donors (Lipinski definition) is 1. The summed E-state index contributed by atoms with van der Waals surface area (Å²) in [5, 5.41) is 8.79. The minimum absolute atomic E-state index is 0.200. The second-order valence-electron chi connectivity index (χ2n) is 3.54. The van der Waals surface area contributed by atoms with Gasteiger partial charge in [-0.2, -0.15) is 0 Å². The van der Waals surface area contributed by atoms with E-state index in [2.05, 4.69) is 6.92 Å². The van der Waals surface area contributed by atoms with Crippen LogP contribution in [0.2, 0.25) is 0 Å². The van der Waals surface area contributed by atoms with Crippen LogP contribution in [0.4, 0.5) is 0 Å². The van der Waals surface area contributed by atoms with E-state index >= 15 is 0 Å². The molecule has 1 N–H and O–H groups in total. The number of aliphatic carboxylic acids is 1. The van der Waals surface area contributed by atoms with Gasteiger partial charge in [0.2, 0.25) is 0 Å². The lowest BCUT2D eigenvalue weighted by Gasteiger charge is -2.15. The predicted octanol–water partition coefficient (Wildman–Crippen LogP) is 2.07. The Morgan fingerprint density at radius 2 is 1.93 bits per heavy atom. The molecule has 0 spiro atoms. The Morgan fingerprint density at radius 1 is 1.27 bits per heavy atom. The highest BCUT2D eigenvalue weighted by Gasteiger charge is 2.17. The second-order valence-corrected chi connectivity index (χ2v) is 3.54. The van der Waals surface area contributed by atoms with Crippen LogP contribution < -0.4 is 0 Å². The molecule has 0 aliphatic carbocycles. The Labute approximate surface area is 91.6 Å². The summed E-state index contributed by atoms with van der Waals surface area (Å²) >= 11 is 0. The van der Waals surface area contributed by atoms with Crippen molar-refractivity contribution in [1.82, 2.24) is 0 Å². The lowest BCUT2D eigenvalue weighted by molar-refractivity contribution is -0.151. The number of hydrogen-bond acceptors (Lipinski definition) is 3. The summed E-state index contributed by atoms with van der Waals surface area (Å²) in [6.45, 7) is 6.75. The van der Waals surface area contributed by atoms with Gasteiger partial charge < -0.3 is 14.6 Å². The molecule has 0 aromatic heterocycles. The van der Waals surface area contributed by atoms with Crippen molar-refractivity contribution in [3.05, 3.63) is 0 Å². The first-order valence-corrected chi connectivity index (χ1v) is 5.57. The molecule has 0 saturated heterocycles. The summed E-state index contributed by atoms with van der Waals surface area (Å²) < 4.78 is 10.5. The molecule has 0 radical (unpaired) electrons. The molecule has 0 aliphatic heterocycles. The van der Waals surface area contributed by atoms with Crippen molar-refractivity contribution >= 4 is 5.97 Å². The van der Waals surface area contributed by atoms with E-state index in [1.165, 1.54) is 0 Å². The first-order chi connectivity index (χ1) is 7.11. The molecule has 4 nitrogen and oxygen atoms in total. The van der Waals surface area contributed by atoms with Gasteiger partial charge >= 0.3 is 5.97 Å². The maximum absolute atomic E-state index is 10.7. The summed E-state index contributed by atoms with van der Waals surface area (Å²) in [6, 6.07) is 0. The summed E-state index contributed by atoms with van der Waals surface area (Å²) in [5.74, 6) is -0.913. The van der Waals surface area contributed by atoms with E-state index in [-0.39, 0.29) is 6.10 Å². The van der Waals surface area contributed by atoms with Gasteiger partial charge in [-0.25, -0.2) is 4.79 Å². The SMILES string of the molecule is CCCC(C)OCCC(OCC)C(=O)O. The van der Waals surface area contributed by atoms with Gasteiger partial charge in [0.15, 0.2) is 6.10 Å². The number of ether oxygens (including phenoxy) is 2. The topological polar surface area (TPSA) is 55.8 Å². The molecule has 0 rings (SSSR count). The minimum Gasteiger partial charge on any atom is -0.479 e. The van der Waals surface area contributed by atoms with Gasteiger partial charge in [0.05, 0.1) is 6.10 Å². The van der Waals surface area contributed by atoms with Crippen LogP contribution in [-0.2, 0) is 14.3 Å². The maximum atomic E-state index is 10.7. The average Bonchev–Trinajstić information content (AvgIpc) is 2.16. The molecule has 15 heavy (non-hydrogen) atoms. The van der Waals surface area contributed by atoms with Crippen LogP contribution in [0.1, 0.15) is 40.0 Å². The van der Waals surface area contributed by atoms with Gasteiger partial charge in [-0.05, 0) is 20.3 Å². The smallest absolute Gasteiger partial charge is 0.332 e. The molecule has 0 fully saturated rings. The highest BCUT2D eigenvalue weighted by molar-refractivity contribution is 5.72. The molecule has 0 aromatic carbocycles. The second kappa shape index (κ2) is 8.68. The van der Waals surface area contributed by atoms with Crippen molar-refractivity contribution in [3.8, 4) is 0 Å². The molecular weight excluding hydrogens is 196 g/mol. The Kier molecular flexibility index (Phi) is 8.33. The zero-order valence-corrected chi connectivity index (χ0v) is 9.86. The predicted molar refractivity (Wildman–Crippen MR) is 58.0 cm³/mol. The van der Waals surface area contributed by atoms with Crippen LogP contribution >= 0.6 is 0 Å². The molecule has 0 saturated carbocycles. The van der Waals surface area contributed by atoms with E-state index < -0.39 is 12.1 Å². The van der Waals surface area contributed by atoms with E-state index in [4.69, 9.17) is 14.6 Å². The van der Waals surface area contributed by atoms with Crippen molar-refractivity contribution in [2.24, 2.45) is 0 Å². The minimum atomic E-state index is -0.913. The Balaban J connectivity index is 3.65. The van der Waals surface area contributed by atoms with Crippen LogP contribution in [0.5, 0.6) is 0 Å². The summed E-state index contributed by atoms with van der Waals surface area (Å²) in [6.07, 6.45) is 1.97. The molecule has 2 unspecified atom stereocenters. The number of carboxylic acid groups (broad SMARTS) is 1. The van der Waals surface area contributed by atoms with Gasteiger partial charge in [0.25, 0.3) is 0 Å². The summed E-state index contributed by atoms with van der Waals surface area (Å²) in [5.41, 5.74) is 0. The zero-order valence-electron chi connectivity index (χ0n) is 9.86. The molecule has 0 bridgehead atoms. The van der Waals surface area contributed by atoms with Crippen LogP contribution in [0.25, 0.3) is 0 Å². The molecule has 2 atom stereocenters. The van der Waals surface area contributed by atoms with E-state index in [1.54, 1.807) is 6.92 Å². The lowest BCUT2D eigenvalue weighted by atomic mass is 10.2. The lowest BCUT2D eigenvalue weighted by Crippen LogP contribution is -2.26. The van der Waals surface area contributed by atoms with Crippen molar-refractivity contribution < 1.29 is 19.4 Å². The van der Waals surface area contributed by atoms with Gasteiger partial charge in [-0.15, -0.1) is 0 Å². The third-order valence-corrected chi connectivity index (χ3v) is 2.12. The van der Waals surface area contributed by atoms with Crippen molar-refractivity contribution in [2.75, 3.05) is 13.2 Å². The Hall–Kier alpha value is -0.610. The fourth-order valence-corrected chi connectivity index (χ4v) is 1.35. The standard InChI is InChI=1S/C11H22O4/c1-4-6-9(3)15-8-7-10(11(12)13)14-5-2/h9-10H,4-8H2,1-3H3,(H,12,13). The van der Waals surface area contributed by atoms with E-state index in [0.29, 0.717) is 19.6 Å². The molecule has 0 heterocycles. The van der Waals surface area contributed by atoms with Crippen LogP contribution in [0.3, 0.4) is 0 Å². The van der Waals surface area contributed by atoms with E-state index in [9.17, 15) is 4.79 Å². The quantitative estimate of drug-likeness (QED) is 0.643. The van der Waals surface area contributed by atoms with Crippen LogP contribution in [0.15, 0.2) is 0 Å². The number of carbonyl (C=O) groups is 1. The highest BCUT2D eigenvalue weighted by atomic mass is 16.5. The van der Waals surface area contributed by atoms with E-state index in [0.717, 1.165) is 12.8 Å². The highest BCUT2D eigenvalue weighted by Crippen LogP contribution is 2.04. The normalized spacial score (nSPS) is 14.9. The Morgan fingerprint density at radius 3 is 2.40 bits per heavy atom. The molecule has 0 amide bonds. The molecule has 0 aliphatic rings. The Bertz CT molecular complexity index is 170. The maximum Gasteiger partial charge on any atom is 0.332 e. The van der Waals surface area contributed by atoms with Gasteiger partial charge in [0.1, 0.15) is 0 Å². The molecular formula is C11H22O4. The fourth-order valence-electron chi connectivity index (χ4n) is 1.35. The average molecular weight is 218 g/mol. The van der Waals surface area contributed by atoms with Crippen molar-refractivity contribution in [2.45, 2.75) is 52.2 Å². The van der Waals surface area contributed by atoms with Gasteiger partial charge in [0, 0.05) is 19.6 Å². The summed E-state index contributed by atoms with van der Waals surface area (Å²) in [4.78, 5) is 10.7. The number of carboxylic acids is 1. The molecule has 4 heteroatoms. The third-order valence-electron chi connectivity index (χ3n) is 2.12.